The van der Waals surface area contributed by atoms with Gasteiger partial charge in [-0.15, -0.1) is 0 Å². The molecule has 1 amide bonds. The number of amides is 1. The van der Waals surface area contributed by atoms with E-state index in [0.717, 1.165) is 53.1 Å². The second-order valence-electron chi connectivity index (χ2n) is 7.44. The van der Waals surface area contributed by atoms with Crippen LogP contribution in [0.15, 0.2) is 40.9 Å². The maximum Gasteiger partial charge on any atom is 0.251 e. The molecule has 0 saturated heterocycles. The zero-order chi connectivity index (χ0) is 18.1. The van der Waals surface area contributed by atoms with Crippen molar-refractivity contribution in [3.8, 4) is 5.75 Å². The molecule has 1 fully saturated rings. The van der Waals surface area contributed by atoms with Crippen molar-refractivity contribution in [2.75, 3.05) is 13.7 Å². The van der Waals surface area contributed by atoms with Crippen molar-refractivity contribution in [1.29, 1.82) is 0 Å². The molecular formula is C22H24BrNO2. The van der Waals surface area contributed by atoms with Crippen LogP contribution in [0.5, 0.6) is 5.75 Å². The van der Waals surface area contributed by atoms with Crippen molar-refractivity contribution >= 4 is 21.8 Å². The summed E-state index contributed by atoms with van der Waals surface area (Å²) in [5.41, 5.74) is 4.69. The Hall–Kier alpha value is -1.81. The summed E-state index contributed by atoms with van der Waals surface area (Å²) >= 11 is 3.56. The lowest BCUT2D eigenvalue weighted by atomic mass is 9.78. The van der Waals surface area contributed by atoms with E-state index in [0.29, 0.717) is 5.92 Å². The number of carbonyl (C=O) groups is 1. The van der Waals surface area contributed by atoms with Crippen molar-refractivity contribution in [1.82, 2.24) is 5.32 Å². The van der Waals surface area contributed by atoms with E-state index in [4.69, 9.17) is 4.74 Å². The van der Waals surface area contributed by atoms with Crippen LogP contribution in [-0.4, -0.2) is 19.6 Å². The van der Waals surface area contributed by atoms with E-state index >= 15 is 0 Å². The predicted octanol–water partition coefficient (Wildman–Crippen LogP) is 4.87. The molecule has 3 nitrogen and oxygen atoms in total. The highest BCUT2D eigenvalue weighted by atomic mass is 79.9. The van der Waals surface area contributed by atoms with Gasteiger partial charge >= 0.3 is 0 Å². The van der Waals surface area contributed by atoms with Gasteiger partial charge in [-0.05, 0) is 91.0 Å². The highest BCUT2D eigenvalue weighted by Gasteiger charge is 2.26. The molecule has 26 heavy (non-hydrogen) atoms. The monoisotopic (exact) mass is 413 g/mol. The Morgan fingerprint density at radius 2 is 2.00 bits per heavy atom. The number of hydrogen-bond acceptors (Lipinski definition) is 2. The standard InChI is InChI=1S/C22H24BrNO2/c1-24-22(25)20-9-8-19(26-13-14-2-3-14)12-21(20)17-5-4-16-11-18(23)7-6-15(16)10-17/h6-9,11-12,14,17H,2-5,10,13H2,1H3,(H,24,25)/t17-/m0/s1. The van der Waals surface area contributed by atoms with E-state index < -0.39 is 0 Å². The Bertz CT molecular complexity index is 829. The number of rotatable bonds is 5. The molecule has 0 bridgehead atoms. The van der Waals surface area contributed by atoms with Crippen LogP contribution in [0.3, 0.4) is 0 Å². The average molecular weight is 414 g/mol. The molecule has 2 aliphatic rings. The van der Waals surface area contributed by atoms with Crippen LogP contribution in [-0.2, 0) is 12.8 Å². The molecule has 0 spiro atoms. The first kappa shape index (κ1) is 17.6. The molecule has 0 aliphatic heterocycles. The molecular weight excluding hydrogens is 390 g/mol. The van der Waals surface area contributed by atoms with Crippen molar-refractivity contribution in [3.63, 3.8) is 0 Å². The van der Waals surface area contributed by atoms with Gasteiger partial charge in [0.15, 0.2) is 0 Å². The SMILES string of the molecule is CNC(=O)c1ccc(OCC2CC2)cc1[C@H]1CCc2cc(Br)ccc2C1. The van der Waals surface area contributed by atoms with Crippen molar-refractivity contribution in [2.24, 2.45) is 5.92 Å². The lowest BCUT2D eigenvalue weighted by Crippen LogP contribution is -2.22. The molecule has 0 unspecified atom stereocenters. The number of halogens is 1. The van der Waals surface area contributed by atoms with E-state index in [2.05, 4.69) is 45.5 Å². The number of carbonyl (C=O) groups excluding carboxylic acids is 1. The Morgan fingerprint density at radius 1 is 1.15 bits per heavy atom. The first-order chi connectivity index (χ1) is 12.6. The van der Waals surface area contributed by atoms with Crippen LogP contribution in [0.4, 0.5) is 0 Å². The van der Waals surface area contributed by atoms with Gasteiger partial charge < -0.3 is 10.1 Å². The van der Waals surface area contributed by atoms with Gasteiger partial charge in [0.25, 0.3) is 5.91 Å². The van der Waals surface area contributed by atoms with Gasteiger partial charge in [0.2, 0.25) is 0 Å². The lowest BCUT2D eigenvalue weighted by Gasteiger charge is -2.27. The summed E-state index contributed by atoms with van der Waals surface area (Å²) in [6.07, 6.45) is 5.62. The first-order valence-electron chi connectivity index (χ1n) is 9.40. The van der Waals surface area contributed by atoms with Gasteiger partial charge in [0, 0.05) is 17.1 Å². The number of aryl methyl sites for hydroxylation is 1. The summed E-state index contributed by atoms with van der Waals surface area (Å²) < 4.78 is 7.11. The predicted molar refractivity (Wildman–Crippen MR) is 107 cm³/mol. The fraction of sp³-hybridized carbons (Fsp3) is 0.409. The van der Waals surface area contributed by atoms with Gasteiger partial charge in [-0.1, -0.05) is 22.0 Å². The van der Waals surface area contributed by atoms with Crippen LogP contribution in [0.2, 0.25) is 0 Å². The minimum absolute atomic E-state index is 0.0182. The van der Waals surface area contributed by atoms with Gasteiger partial charge in [0.05, 0.1) is 6.61 Å². The molecule has 4 heteroatoms. The fourth-order valence-electron chi connectivity index (χ4n) is 3.80. The number of benzene rings is 2. The van der Waals surface area contributed by atoms with Crippen molar-refractivity contribution in [3.05, 3.63) is 63.1 Å². The third-order valence-corrected chi connectivity index (χ3v) is 6.01. The third kappa shape index (κ3) is 3.80. The second-order valence-corrected chi connectivity index (χ2v) is 8.35. The molecule has 0 radical (unpaired) electrons. The van der Waals surface area contributed by atoms with Gasteiger partial charge in [-0.3, -0.25) is 4.79 Å². The number of nitrogens with one attached hydrogen (secondary N) is 1. The first-order valence-corrected chi connectivity index (χ1v) is 10.2. The largest absolute Gasteiger partial charge is 0.493 e. The van der Waals surface area contributed by atoms with Crippen LogP contribution < -0.4 is 10.1 Å². The maximum absolute atomic E-state index is 12.4. The van der Waals surface area contributed by atoms with E-state index in [1.54, 1.807) is 7.05 Å². The summed E-state index contributed by atoms with van der Waals surface area (Å²) in [7, 11) is 1.69. The molecule has 4 rings (SSSR count). The zero-order valence-corrected chi connectivity index (χ0v) is 16.6. The van der Waals surface area contributed by atoms with Crippen LogP contribution in [0, 0.1) is 5.92 Å². The smallest absolute Gasteiger partial charge is 0.251 e. The number of fused-ring (bicyclic) bond motifs is 1. The highest BCUT2D eigenvalue weighted by molar-refractivity contribution is 9.10. The molecule has 2 aromatic carbocycles. The minimum Gasteiger partial charge on any atom is -0.493 e. The summed E-state index contributed by atoms with van der Waals surface area (Å²) in [6.45, 7) is 0.792. The summed E-state index contributed by atoms with van der Waals surface area (Å²) in [4.78, 5) is 12.4. The fourth-order valence-corrected chi connectivity index (χ4v) is 4.21. The maximum atomic E-state index is 12.4. The topological polar surface area (TPSA) is 38.3 Å². The summed E-state index contributed by atoms with van der Waals surface area (Å²) in [5.74, 6) is 1.94. The van der Waals surface area contributed by atoms with Crippen molar-refractivity contribution in [2.45, 2.75) is 38.0 Å². The average Bonchev–Trinajstić information content (AvgIpc) is 3.49. The van der Waals surface area contributed by atoms with Crippen LogP contribution >= 0.6 is 15.9 Å². The summed E-state index contributed by atoms with van der Waals surface area (Å²) in [6, 6.07) is 12.5. The van der Waals surface area contributed by atoms with E-state index in [9.17, 15) is 4.79 Å². The molecule has 1 N–H and O–H groups in total. The van der Waals surface area contributed by atoms with Gasteiger partial charge in [-0.25, -0.2) is 0 Å². The highest BCUT2D eigenvalue weighted by Crippen LogP contribution is 2.37. The Balaban J connectivity index is 1.62. The Kier molecular flexibility index (Phi) is 5.03. The number of hydrogen-bond donors (Lipinski definition) is 1. The van der Waals surface area contributed by atoms with Crippen LogP contribution in [0.25, 0.3) is 0 Å². The molecule has 0 heterocycles. The van der Waals surface area contributed by atoms with Gasteiger partial charge in [-0.2, -0.15) is 0 Å². The third-order valence-electron chi connectivity index (χ3n) is 5.51. The molecule has 136 valence electrons. The second kappa shape index (κ2) is 7.43. The van der Waals surface area contributed by atoms with Crippen LogP contribution in [0.1, 0.15) is 52.2 Å². The quantitative estimate of drug-likeness (QED) is 0.758. The zero-order valence-electron chi connectivity index (χ0n) is 15.1. The van der Waals surface area contributed by atoms with E-state index in [-0.39, 0.29) is 5.91 Å². The molecule has 2 aliphatic carbocycles. The lowest BCUT2D eigenvalue weighted by molar-refractivity contribution is 0.0961. The minimum atomic E-state index is -0.0182. The molecule has 2 aromatic rings. The molecule has 0 aromatic heterocycles. The Morgan fingerprint density at radius 3 is 2.77 bits per heavy atom. The summed E-state index contributed by atoms with van der Waals surface area (Å²) in [5, 5.41) is 2.78. The molecule has 1 atom stereocenters. The van der Waals surface area contributed by atoms with Crippen molar-refractivity contribution < 1.29 is 9.53 Å². The molecule has 1 saturated carbocycles. The van der Waals surface area contributed by atoms with Gasteiger partial charge in [0.1, 0.15) is 5.75 Å². The number of ether oxygens (including phenoxy) is 1. The van der Waals surface area contributed by atoms with E-state index in [1.807, 2.05) is 12.1 Å². The normalized spacial score (nSPS) is 18.9. The Labute approximate surface area is 163 Å². The van der Waals surface area contributed by atoms with E-state index in [1.165, 1.54) is 24.0 Å².